The van der Waals surface area contributed by atoms with E-state index < -0.39 is 0 Å². The molecule has 1 heterocycles. The second-order valence-corrected chi connectivity index (χ2v) is 6.85. The number of aliphatic imine (C=N–C) groups is 1. The van der Waals surface area contributed by atoms with Crippen molar-refractivity contribution in [2.24, 2.45) is 10.9 Å². The maximum atomic E-state index is 5.27. The first-order valence-electron chi connectivity index (χ1n) is 9.58. The highest BCUT2D eigenvalue weighted by atomic mass is 16.5. The molecule has 5 heteroatoms. The Morgan fingerprint density at radius 1 is 1.28 bits per heavy atom. The van der Waals surface area contributed by atoms with Crippen molar-refractivity contribution < 1.29 is 4.74 Å². The minimum Gasteiger partial charge on any atom is -0.497 e. The molecule has 0 saturated carbocycles. The monoisotopic (exact) mass is 346 g/mol. The van der Waals surface area contributed by atoms with Crippen LogP contribution in [-0.4, -0.2) is 50.7 Å². The summed E-state index contributed by atoms with van der Waals surface area (Å²) >= 11 is 0. The zero-order chi connectivity index (χ0) is 17.9. The summed E-state index contributed by atoms with van der Waals surface area (Å²) in [6, 6.07) is 8.07. The summed E-state index contributed by atoms with van der Waals surface area (Å²) in [7, 11) is 1.69. The van der Waals surface area contributed by atoms with E-state index in [2.05, 4.69) is 40.4 Å². The summed E-state index contributed by atoms with van der Waals surface area (Å²) in [5.41, 5.74) is 1.15. The summed E-state index contributed by atoms with van der Waals surface area (Å²) < 4.78 is 5.27. The molecule has 2 N–H and O–H groups in total. The van der Waals surface area contributed by atoms with E-state index in [1.807, 2.05) is 18.2 Å². The fraction of sp³-hybridized carbons (Fsp3) is 0.650. The van der Waals surface area contributed by atoms with E-state index in [-0.39, 0.29) is 0 Å². The third kappa shape index (κ3) is 7.34. The van der Waals surface area contributed by atoms with Crippen molar-refractivity contribution >= 4 is 5.96 Å². The van der Waals surface area contributed by atoms with Crippen molar-refractivity contribution in [3.05, 3.63) is 29.8 Å². The van der Waals surface area contributed by atoms with Crippen molar-refractivity contribution in [3.63, 3.8) is 0 Å². The van der Waals surface area contributed by atoms with Gasteiger partial charge in [0.1, 0.15) is 5.75 Å². The van der Waals surface area contributed by atoms with Crippen molar-refractivity contribution in [1.82, 2.24) is 15.5 Å². The molecule has 0 spiro atoms. The largest absolute Gasteiger partial charge is 0.497 e. The minimum absolute atomic E-state index is 0.649. The molecule has 0 aromatic heterocycles. The van der Waals surface area contributed by atoms with Crippen LogP contribution in [0.1, 0.15) is 38.7 Å². The Bertz CT molecular complexity index is 524. The zero-order valence-corrected chi connectivity index (χ0v) is 16.1. The highest BCUT2D eigenvalue weighted by Gasteiger charge is 2.14. The molecule has 1 aromatic rings. The molecule has 0 radical (unpaired) electrons. The fourth-order valence-electron chi connectivity index (χ4n) is 3.08. The van der Waals surface area contributed by atoms with Crippen LogP contribution in [0.15, 0.2) is 29.3 Å². The third-order valence-electron chi connectivity index (χ3n) is 4.72. The number of ether oxygens (including phenoxy) is 1. The van der Waals surface area contributed by atoms with Gasteiger partial charge >= 0.3 is 0 Å². The van der Waals surface area contributed by atoms with Crippen LogP contribution < -0.4 is 15.4 Å². The van der Waals surface area contributed by atoms with Gasteiger partial charge in [-0.05, 0) is 69.4 Å². The van der Waals surface area contributed by atoms with Crippen molar-refractivity contribution in [2.75, 3.05) is 39.8 Å². The van der Waals surface area contributed by atoms with Crippen LogP contribution in [0.25, 0.3) is 0 Å². The van der Waals surface area contributed by atoms with Crippen molar-refractivity contribution in [1.29, 1.82) is 0 Å². The fourth-order valence-corrected chi connectivity index (χ4v) is 3.08. The molecule has 0 unspecified atom stereocenters. The van der Waals surface area contributed by atoms with Crippen molar-refractivity contribution in [3.8, 4) is 5.75 Å². The number of methoxy groups -OCH3 is 1. The molecule has 0 atom stereocenters. The molecule has 1 saturated heterocycles. The first kappa shape index (κ1) is 19.6. The maximum Gasteiger partial charge on any atom is 0.191 e. The number of guanidine groups is 1. The third-order valence-corrected chi connectivity index (χ3v) is 4.72. The standard InChI is InChI=1S/C20H34N4O/c1-4-21-20(23-16-18-7-5-8-19(15-18)25-3)22-11-6-12-24-13-9-17(2)10-14-24/h5,7-8,15,17H,4,6,9-14,16H2,1-3H3,(H2,21,22,23). The van der Waals surface area contributed by atoms with Crippen LogP contribution in [0.2, 0.25) is 0 Å². The first-order valence-corrected chi connectivity index (χ1v) is 9.58. The molecule has 0 aliphatic carbocycles. The number of nitrogens with one attached hydrogen (secondary N) is 2. The van der Waals surface area contributed by atoms with Gasteiger partial charge in [0.2, 0.25) is 0 Å². The van der Waals surface area contributed by atoms with E-state index >= 15 is 0 Å². The lowest BCUT2D eigenvalue weighted by Crippen LogP contribution is -2.39. The second kappa shape index (κ2) is 11.0. The van der Waals surface area contributed by atoms with E-state index in [1.54, 1.807) is 7.11 Å². The summed E-state index contributed by atoms with van der Waals surface area (Å²) in [6.07, 6.45) is 3.84. The normalized spacial score (nSPS) is 16.7. The van der Waals surface area contributed by atoms with Gasteiger partial charge in [0.15, 0.2) is 5.96 Å². The molecule has 1 aliphatic rings. The highest BCUT2D eigenvalue weighted by Crippen LogP contribution is 2.15. The smallest absolute Gasteiger partial charge is 0.191 e. The number of hydrogen-bond acceptors (Lipinski definition) is 3. The molecule has 1 aromatic carbocycles. The summed E-state index contributed by atoms with van der Waals surface area (Å²) in [5.74, 6) is 2.66. The van der Waals surface area contributed by atoms with E-state index in [1.165, 1.54) is 32.5 Å². The molecule has 0 bridgehead atoms. The lowest BCUT2D eigenvalue weighted by Gasteiger charge is -2.30. The van der Waals surface area contributed by atoms with Crippen LogP contribution in [0.5, 0.6) is 5.75 Å². The Hall–Kier alpha value is -1.75. The van der Waals surface area contributed by atoms with Gasteiger partial charge in [0.25, 0.3) is 0 Å². The predicted molar refractivity (Wildman–Crippen MR) is 105 cm³/mol. The highest BCUT2D eigenvalue weighted by molar-refractivity contribution is 5.79. The van der Waals surface area contributed by atoms with Gasteiger partial charge in [-0.15, -0.1) is 0 Å². The van der Waals surface area contributed by atoms with E-state index in [0.717, 1.165) is 42.7 Å². The molecule has 1 fully saturated rings. The number of hydrogen-bond donors (Lipinski definition) is 2. The average molecular weight is 347 g/mol. The SMILES string of the molecule is CCNC(=NCc1cccc(OC)c1)NCCCN1CCC(C)CC1. The summed E-state index contributed by atoms with van der Waals surface area (Å²) in [5, 5.41) is 6.77. The zero-order valence-electron chi connectivity index (χ0n) is 16.1. The quantitative estimate of drug-likeness (QED) is 0.432. The summed E-state index contributed by atoms with van der Waals surface area (Å²) in [6.45, 7) is 10.6. The molecule has 1 aliphatic heterocycles. The average Bonchev–Trinajstić information content (AvgIpc) is 2.64. The molecule has 2 rings (SSSR count). The van der Waals surface area contributed by atoms with E-state index in [4.69, 9.17) is 4.74 Å². The molecule has 140 valence electrons. The Balaban J connectivity index is 1.73. The number of likely N-dealkylation sites (tertiary alicyclic amines) is 1. The van der Waals surface area contributed by atoms with Crippen LogP contribution in [0.3, 0.4) is 0 Å². The predicted octanol–water partition coefficient (Wildman–Crippen LogP) is 2.87. The summed E-state index contributed by atoms with van der Waals surface area (Å²) in [4.78, 5) is 7.26. The number of rotatable bonds is 8. The molecular weight excluding hydrogens is 312 g/mol. The molecule has 5 nitrogen and oxygen atoms in total. The van der Waals surface area contributed by atoms with Gasteiger partial charge in [-0.1, -0.05) is 19.1 Å². The number of benzene rings is 1. The van der Waals surface area contributed by atoms with Crippen LogP contribution >= 0.6 is 0 Å². The van der Waals surface area contributed by atoms with Crippen LogP contribution in [0.4, 0.5) is 0 Å². The van der Waals surface area contributed by atoms with Gasteiger partial charge in [0, 0.05) is 13.1 Å². The van der Waals surface area contributed by atoms with Crippen molar-refractivity contribution in [2.45, 2.75) is 39.7 Å². The van der Waals surface area contributed by atoms with Gasteiger partial charge in [-0.3, -0.25) is 0 Å². The Morgan fingerprint density at radius 2 is 2.08 bits per heavy atom. The lowest BCUT2D eigenvalue weighted by atomic mass is 9.99. The van der Waals surface area contributed by atoms with E-state index in [9.17, 15) is 0 Å². The minimum atomic E-state index is 0.649. The van der Waals surface area contributed by atoms with Crippen LogP contribution in [-0.2, 0) is 6.54 Å². The van der Waals surface area contributed by atoms with Crippen LogP contribution in [0, 0.1) is 5.92 Å². The first-order chi connectivity index (χ1) is 12.2. The topological polar surface area (TPSA) is 48.9 Å². The number of piperidine rings is 1. The molecule has 25 heavy (non-hydrogen) atoms. The van der Waals surface area contributed by atoms with Gasteiger partial charge in [0.05, 0.1) is 13.7 Å². The van der Waals surface area contributed by atoms with E-state index in [0.29, 0.717) is 6.54 Å². The molecular formula is C20H34N4O. The molecule has 0 amide bonds. The Labute approximate surface area is 152 Å². The lowest BCUT2D eigenvalue weighted by molar-refractivity contribution is 0.191. The van der Waals surface area contributed by atoms with Gasteiger partial charge in [-0.2, -0.15) is 0 Å². The Kier molecular flexibility index (Phi) is 8.60. The van der Waals surface area contributed by atoms with Gasteiger partial charge < -0.3 is 20.3 Å². The Morgan fingerprint density at radius 3 is 2.80 bits per heavy atom. The maximum absolute atomic E-state index is 5.27. The van der Waals surface area contributed by atoms with Gasteiger partial charge in [-0.25, -0.2) is 4.99 Å². The second-order valence-electron chi connectivity index (χ2n) is 6.85. The number of nitrogens with zero attached hydrogens (tertiary/aromatic N) is 2.